The lowest BCUT2D eigenvalue weighted by atomic mass is 10.2. The van der Waals surface area contributed by atoms with E-state index in [1.807, 2.05) is 25.1 Å². The Morgan fingerprint density at radius 3 is 3.15 bits per heavy atom. The number of hydrogen-bond donors (Lipinski definition) is 1. The van der Waals surface area contributed by atoms with Crippen LogP contribution in [-0.4, -0.2) is 11.6 Å². The van der Waals surface area contributed by atoms with E-state index < -0.39 is 0 Å². The van der Waals surface area contributed by atoms with E-state index in [2.05, 4.69) is 4.98 Å². The summed E-state index contributed by atoms with van der Waals surface area (Å²) in [5, 5.41) is 0. The van der Waals surface area contributed by atoms with E-state index in [9.17, 15) is 0 Å². The first-order valence-corrected chi connectivity index (χ1v) is 4.25. The topological polar surface area (TPSA) is 48.1 Å². The second-order valence-electron chi connectivity index (χ2n) is 2.57. The largest absolute Gasteiger partial charge is 0.489 e. The monoisotopic (exact) mass is 178 g/mol. The summed E-state index contributed by atoms with van der Waals surface area (Å²) in [4.78, 5) is 3.97. The normalized spacial score (nSPS) is 10.6. The molecule has 1 heterocycles. The van der Waals surface area contributed by atoms with Gasteiger partial charge in [-0.1, -0.05) is 12.2 Å². The molecule has 0 aromatic carbocycles. The Labute approximate surface area is 78.2 Å². The molecular formula is C10H14N2O. The fourth-order valence-electron chi connectivity index (χ4n) is 0.943. The van der Waals surface area contributed by atoms with Crippen molar-refractivity contribution in [3.8, 4) is 5.75 Å². The van der Waals surface area contributed by atoms with Crippen LogP contribution in [0.5, 0.6) is 5.75 Å². The van der Waals surface area contributed by atoms with Crippen LogP contribution < -0.4 is 10.5 Å². The third-order valence-electron chi connectivity index (χ3n) is 1.65. The Kier molecular flexibility index (Phi) is 3.99. The molecule has 0 bridgehead atoms. The molecule has 0 aliphatic carbocycles. The molecule has 0 saturated heterocycles. The standard InChI is InChI=1S/C10H14N2O/c1-2-3-6-13-10-4-5-12-8-9(10)7-11/h2-5,8H,6-7,11H2,1H3/b3-2+. The van der Waals surface area contributed by atoms with Crippen molar-refractivity contribution < 1.29 is 4.74 Å². The summed E-state index contributed by atoms with van der Waals surface area (Å²) in [6, 6.07) is 1.83. The molecule has 0 spiro atoms. The van der Waals surface area contributed by atoms with Crippen molar-refractivity contribution in [2.75, 3.05) is 6.61 Å². The molecule has 1 aromatic heterocycles. The van der Waals surface area contributed by atoms with Gasteiger partial charge in [-0.25, -0.2) is 0 Å². The minimum atomic E-state index is 0.457. The number of allylic oxidation sites excluding steroid dienone is 1. The molecule has 0 atom stereocenters. The highest BCUT2D eigenvalue weighted by Crippen LogP contribution is 2.15. The Hall–Kier alpha value is -1.35. The maximum atomic E-state index is 5.52. The first kappa shape index (κ1) is 9.74. The summed E-state index contributed by atoms with van der Waals surface area (Å²) in [5.74, 6) is 0.815. The van der Waals surface area contributed by atoms with Gasteiger partial charge >= 0.3 is 0 Å². The Morgan fingerprint density at radius 2 is 2.46 bits per heavy atom. The molecule has 13 heavy (non-hydrogen) atoms. The molecule has 1 rings (SSSR count). The smallest absolute Gasteiger partial charge is 0.127 e. The van der Waals surface area contributed by atoms with Crippen LogP contribution in [0, 0.1) is 0 Å². The molecule has 0 aliphatic rings. The molecule has 1 aromatic rings. The van der Waals surface area contributed by atoms with E-state index in [1.165, 1.54) is 0 Å². The Bertz CT molecular complexity index is 284. The van der Waals surface area contributed by atoms with Crippen molar-refractivity contribution in [1.82, 2.24) is 4.98 Å². The molecule has 0 unspecified atom stereocenters. The number of nitrogens with zero attached hydrogens (tertiary/aromatic N) is 1. The fraction of sp³-hybridized carbons (Fsp3) is 0.300. The number of rotatable bonds is 4. The average molecular weight is 178 g/mol. The quantitative estimate of drug-likeness (QED) is 0.711. The van der Waals surface area contributed by atoms with Crippen molar-refractivity contribution in [2.45, 2.75) is 13.5 Å². The van der Waals surface area contributed by atoms with Gasteiger partial charge in [0.15, 0.2) is 0 Å². The van der Waals surface area contributed by atoms with Gasteiger partial charge in [-0.05, 0) is 13.0 Å². The lowest BCUT2D eigenvalue weighted by Gasteiger charge is -2.06. The van der Waals surface area contributed by atoms with Gasteiger partial charge in [-0.15, -0.1) is 0 Å². The summed E-state index contributed by atoms with van der Waals surface area (Å²) in [6.07, 6.45) is 7.32. The van der Waals surface area contributed by atoms with Gasteiger partial charge in [0.05, 0.1) is 0 Å². The van der Waals surface area contributed by atoms with Gasteiger partial charge in [-0.2, -0.15) is 0 Å². The van der Waals surface area contributed by atoms with Crippen LogP contribution >= 0.6 is 0 Å². The zero-order valence-corrected chi connectivity index (χ0v) is 7.73. The van der Waals surface area contributed by atoms with E-state index in [0.717, 1.165) is 11.3 Å². The van der Waals surface area contributed by atoms with Gasteiger partial charge in [0.25, 0.3) is 0 Å². The van der Waals surface area contributed by atoms with Crippen molar-refractivity contribution in [3.63, 3.8) is 0 Å². The SMILES string of the molecule is C/C=C/COc1ccncc1CN. The van der Waals surface area contributed by atoms with Gasteiger partial charge in [0.1, 0.15) is 12.4 Å². The van der Waals surface area contributed by atoms with E-state index >= 15 is 0 Å². The van der Waals surface area contributed by atoms with Crippen molar-refractivity contribution in [1.29, 1.82) is 0 Å². The zero-order valence-electron chi connectivity index (χ0n) is 7.73. The lowest BCUT2D eigenvalue weighted by molar-refractivity contribution is 0.358. The third-order valence-corrected chi connectivity index (χ3v) is 1.65. The van der Waals surface area contributed by atoms with Crippen LogP contribution in [0.1, 0.15) is 12.5 Å². The number of nitrogens with two attached hydrogens (primary N) is 1. The molecule has 3 nitrogen and oxygen atoms in total. The van der Waals surface area contributed by atoms with Crippen LogP contribution in [0.4, 0.5) is 0 Å². The summed E-state index contributed by atoms with van der Waals surface area (Å²) in [7, 11) is 0. The predicted molar refractivity (Wildman–Crippen MR) is 52.4 cm³/mol. The predicted octanol–water partition coefficient (Wildman–Crippen LogP) is 1.50. The molecule has 0 saturated carbocycles. The average Bonchev–Trinajstić information content (AvgIpc) is 2.19. The summed E-state index contributed by atoms with van der Waals surface area (Å²) in [5.41, 5.74) is 6.45. The number of ether oxygens (including phenoxy) is 1. The van der Waals surface area contributed by atoms with Gasteiger partial charge in [0.2, 0.25) is 0 Å². The van der Waals surface area contributed by atoms with Crippen LogP contribution in [0.2, 0.25) is 0 Å². The summed E-state index contributed by atoms with van der Waals surface area (Å²) >= 11 is 0. The highest BCUT2D eigenvalue weighted by Gasteiger charge is 1.99. The highest BCUT2D eigenvalue weighted by atomic mass is 16.5. The van der Waals surface area contributed by atoms with Crippen LogP contribution in [-0.2, 0) is 6.54 Å². The summed E-state index contributed by atoms with van der Waals surface area (Å²) in [6.45, 7) is 2.99. The first-order valence-electron chi connectivity index (χ1n) is 4.25. The first-order chi connectivity index (χ1) is 6.38. The summed E-state index contributed by atoms with van der Waals surface area (Å²) < 4.78 is 5.46. The second-order valence-corrected chi connectivity index (χ2v) is 2.57. The minimum absolute atomic E-state index is 0.457. The van der Waals surface area contributed by atoms with Gasteiger partial charge in [-0.3, -0.25) is 4.98 Å². The molecular weight excluding hydrogens is 164 g/mol. The van der Waals surface area contributed by atoms with Crippen molar-refractivity contribution >= 4 is 0 Å². The molecule has 3 heteroatoms. The highest BCUT2D eigenvalue weighted by molar-refractivity contribution is 5.29. The molecule has 0 radical (unpaired) electrons. The van der Waals surface area contributed by atoms with Crippen LogP contribution in [0.25, 0.3) is 0 Å². The fourth-order valence-corrected chi connectivity index (χ4v) is 0.943. The number of hydrogen-bond acceptors (Lipinski definition) is 3. The Balaban J connectivity index is 2.64. The number of pyridine rings is 1. The minimum Gasteiger partial charge on any atom is -0.489 e. The van der Waals surface area contributed by atoms with Gasteiger partial charge < -0.3 is 10.5 Å². The Morgan fingerprint density at radius 1 is 1.62 bits per heavy atom. The van der Waals surface area contributed by atoms with Gasteiger partial charge in [0, 0.05) is 24.5 Å². The second kappa shape index (κ2) is 5.32. The van der Waals surface area contributed by atoms with Crippen LogP contribution in [0.15, 0.2) is 30.6 Å². The molecule has 70 valence electrons. The van der Waals surface area contributed by atoms with E-state index in [0.29, 0.717) is 13.2 Å². The molecule has 2 N–H and O–H groups in total. The van der Waals surface area contributed by atoms with E-state index in [4.69, 9.17) is 10.5 Å². The maximum absolute atomic E-state index is 5.52. The van der Waals surface area contributed by atoms with Crippen molar-refractivity contribution in [3.05, 3.63) is 36.2 Å². The molecule has 0 aliphatic heterocycles. The van der Waals surface area contributed by atoms with Crippen molar-refractivity contribution in [2.24, 2.45) is 5.73 Å². The van der Waals surface area contributed by atoms with E-state index in [1.54, 1.807) is 12.4 Å². The molecule has 0 fully saturated rings. The lowest BCUT2D eigenvalue weighted by Crippen LogP contribution is -2.02. The van der Waals surface area contributed by atoms with Crippen LogP contribution in [0.3, 0.4) is 0 Å². The maximum Gasteiger partial charge on any atom is 0.127 e. The number of aromatic nitrogens is 1. The zero-order chi connectivity index (χ0) is 9.52. The third kappa shape index (κ3) is 2.87. The van der Waals surface area contributed by atoms with E-state index in [-0.39, 0.29) is 0 Å². The molecule has 0 amide bonds.